The van der Waals surface area contributed by atoms with E-state index in [0.29, 0.717) is 13.1 Å². The van der Waals surface area contributed by atoms with E-state index in [1.54, 1.807) is 24.1 Å². The van der Waals surface area contributed by atoms with Crippen molar-refractivity contribution in [2.75, 3.05) is 27.2 Å². The minimum absolute atomic E-state index is 0.115. The van der Waals surface area contributed by atoms with Crippen molar-refractivity contribution in [2.24, 2.45) is 0 Å². The molecular weight excluding hydrogens is 357 g/mol. The zero-order valence-electron chi connectivity index (χ0n) is 16.5. The van der Waals surface area contributed by atoms with Gasteiger partial charge in [0.1, 0.15) is 11.6 Å². The SMILES string of the molecule is COc1ccccc1CN(Cc1ccc(F)cc1)C(=O)N[C@@H]1CCCN(C)C1. The molecular formula is C22H28FN3O2. The van der Waals surface area contributed by atoms with Crippen LogP contribution in [0, 0.1) is 5.82 Å². The first kappa shape index (κ1) is 20.1. The van der Waals surface area contributed by atoms with Crippen molar-refractivity contribution in [1.82, 2.24) is 15.1 Å². The summed E-state index contributed by atoms with van der Waals surface area (Å²) in [6.45, 7) is 2.72. The van der Waals surface area contributed by atoms with Gasteiger partial charge in [0.05, 0.1) is 13.7 Å². The molecule has 1 aliphatic rings. The maximum absolute atomic E-state index is 13.3. The Labute approximate surface area is 166 Å². The number of para-hydroxylation sites is 1. The molecule has 2 aromatic carbocycles. The minimum atomic E-state index is -0.283. The van der Waals surface area contributed by atoms with E-state index < -0.39 is 0 Å². The van der Waals surface area contributed by atoms with Crippen LogP contribution in [-0.4, -0.2) is 49.1 Å². The number of nitrogens with zero attached hydrogens (tertiary/aromatic N) is 2. The van der Waals surface area contributed by atoms with E-state index in [0.717, 1.165) is 42.8 Å². The Morgan fingerprint density at radius 2 is 1.96 bits per heavy atom. The molecule has 28 heavy (non-hydrogen) atoms. The quantitative estimate of drug-likeness (QED) is 0.826. The number of urea groups is 1. The van der Waals surface area contributed by atoms with E-state index >= 15 is 0 Å². The molecule has 0 aromatic heterocycles. The lowest BCUT2D eigenvalue weighted by molar-refractivity contribution is 0.173. The molecule has 0 bridgehead atoms. The second kappa shape index (κ2) is 9.55. The summed E-state index contributed by atoms with van der Waals surface area (Å²) in [7, 11) is 3.70. The van der Waals surface area contributed by atoms with Gasteiger partial charge in [-0.2, -0.15) is 0 Å². The molecule has 0 unspecified atom stereocenters. The van der Waals surface area contributed by atoms with E-state index in [9.17, 15) is 9.18 Å². The number of nitrogens with one attached hydrogen (secondary N) is 1. The zero-order valence-corrected chi connectivity index (χ0v) is 16.5. The van der Waals surface area contributed by atoms with Crippen molar-refractivity contribution in [2.45, 2.75) is 32.0 Å². The third-order valence-electron chi connectivity index (χ3n) is 5.08. The maximum Gasteiger partial charge on any atom is 0.318 e. The van der Waals surface area contributed by atoms with Crippen molar-refractivity contribution in [3.8, 4) is 5.75 Å². The summed E-state index contributed by atoms with van der Waals surface area (Å²) in [5, 5.41) is 3.17. The van der Waals surface area contributed by atoms with Crippen molar-refractivity contribution in [3.05, 3.63) is 65.5 Å². The van der Waals surface area contributed by atoms with Crippen LogP contribution in [0.2, 0.25) is 0 Å². The van der Waals surface area contributed by atoms with Crippen molar-refractivity contribution in [3.63, 3.8) is 0 Å². The Morgan fingerprint density at radius 1 is 1.21 bits per heavy atom. The van der Waals surface area contributed by atoms with Crippen LogP contribution in [0.3, 0.4) is 0 Å². The highest BCUT2D eigenvalue weighted by molar-refractivity contribution is 5.74. The first-order valence-corrected chi connectivity index (χ1v) is 9.65. The average molecular weight is 385 g/mol. The molecule has 150 valence electrons. The topological polar surface area (TPSA) is 44.8 Å². The van der Waals surface area contributed by atoms with Gasteiger partial charge in [0.15, 0.2) is 0 Å². The van der Waals surface area contributed by atoms with Crippen LogP contribution in [0.25, 0.3) is 0 Å². The molecule has 2 amide bonds. The van der Waals surface area contributed by atoms with Crippen molar-refractivity contribution in [1.29, 1.82) is 0 Å². The van der Waals surface area contributed by atoms with E-state index in [1.807, 2.05) is 24.3 Å². The molecule has 6 heteroatoms. The number of carbonyl (C=O) groups is 1. The summed E-state index contributed by atoms with van der Waals surface area (Å²) in [6, 6.07) is 14.0. The molecule has 1 aliphatic heterocycles. The lowest BCUT2D eigenvalue weighted by Crippen LogP contribution is -2.50. The van der Waals surface area contributed by atoms with Gasteiger partial charge in [0.2, 0.25) is 0 Å². The van der Waals surface area contributed by atoms with Crippen LogP contribution in [0.15, 0.2) is 48.5 Å². The van der Waals surface area contributed by atoms with Gasteiger partial charge in [-0.15, -0.1) is 0 Å². The van der Waals surface area contributed by atoms with Crippen molar-refractivity contribution < 1.29 is 13.9 Å². The predicted molar refractivity (Wildman–Crippen MR) is 108 cm³/mol. The molecule has 0 saturated carbocycles. The van der Waals surface area contributed by atoms with Crippen LogP contribution in [0.1, 0.15) is 24.0 Å². The summed E-state index contributed by atoms with van der Waals surface area (Å²) >= 11 is 0. The highest BCUT2D eigenvalue weighted by Gasteiger charge is 2.23. The monoisotopic (exact) mass is 385 g/mol. The number of methoxy groups -OCH3 is 1. The fourth-order valence-electron chi connectivity index (χ4n) is 3.60. The Balaban J connectivity index is 1.76. The van der Waals surface area contributed by atoms with Gasteiger partial charge in [0, 0.05) is 24.7 Å². The standard InChI is InChI=1S/C22H28FN3O2/c1-25-13-5-7-20(16-25)24-22(27)26(14-17-9-11-19(23)12-10-17)15-18-6-3-4-8-21(18)28-2/h3-4,6,8-12,20H,5,7,13-16H2,1-2H3,(H,24,27)/t20-/m1/s1. The number of carbonyl (C=O) groups excluding carboxylic acids is 1. The molecule has 0 spiro atoms. The second-order valence-corrected chi connectivity index (χ2v) is 7.35. The molecule has 1 N–H and O–H groups in total. The van der Waals surface area contributed by atoms with Crippen LogP contribution in [0.5, 0.6) is 5.75 Å². The van der Waals surface area contributed by atoms with E-state index in [1.165, 1.54) is 12.1 Å². The molecule has 0 radical (unpaired) electrons. The number of amides is 2. The molecule has 1 fully saturated rings. The number of hydrogen-bond acceptors (Lipinski definition) is 3. The zero-order chi connectivity index (χ0) is 19.9. The number of hydrogen-bond donors (Lipinski definition) is 1. The van der Waals surface area contributed by atoms with E-state index in [-0.39, 0.29) is 17.9 Å². The summed E-state index contributed by atoms with van der Waals surface area (Å²) in [5.41, 5.74) is 1.82. The van der Waals surface area contributed by atoms with Gasteiger partial charge in [0.25, 0.3) is 0 Å². The fourth-order valence-corrected chi connectivity index (χ4v) is 3.60. The molecule has 0 aliphatic carbocycles. The van der Waals surface area contributed by atoms with Crippen LogP contribution in [0.4, 0.5) is 9.18 Å². The van der Waals surface area contributed by atoms with Crippen LogP contribution >= 0.6 is 0 Å². The molecule has 1 atom stereocenters. The third kappa shape index (κ3) is 5.45. The molecule has 1 heterocycles. The number of benzene rings is 2. The van der Waals surface area contributed by atoms with E-state index in [4.69, 9.17) is 4.74 Å². The normalized spacial score (nSPS) is 17.2. The number of halogens is 1. The molecule has 5 nitrogen and oxygen atoms in total. The average Bonchev–Trinajstić information content (AvgIpc) is 2.69. The first-order valence-electron chi connectivity index (χ1n) is 9.65. The summed E-state index contributed by atoms with van der Waals surface area (Å²) < 4.78 is 18.7. The predicted octanol–water partition coefficient (Wildman–Crippen LogP) is 3.64. The van der Waals surface area contributed by atoms with Gasteiger partial charge >= 0.3 is 6.03 Å². The van der Waals surface area contributed by atoms with Crippen molar-refractivity contribution >= 4 is 6.03 Å². The van der Waals surface area contributed by atoms with Crippen LogP contribution in [-0.2, 0) is 13.1 Å². The Bertz CT molecular complexity index is 782. The Morgan fingerprint density at radius 3 is 2.68 bits per heavy atom. The fraction of sp³-hybridized carbons (Fsp3) is 0.409. The van der Waals surface area contributed by atoms with E-state index in [2.05, 4.69) is 17.3 Å². The van der Waals surface area contributed by atoms with Crippen LogP contribution < -0.4 is 10.1 Å². The van der Waals surface area contributed by atoms with Gasteiger partial charge in [-0.25, -0.2) is 9.18 Å². The summed E-state index contributed by atoms with van der Waals surface area (Å²) in [5.74, 6) is 0.464. The Hall–Kier alpha value is -2.60. The van der Waals surface area contributed by atoms with Gasteiger partial charge < -0.3 is 19.9 Å². The number of piperidine rings is 1. The first-order chi connectivity index (χ1) is 13.5. The lowest BCUT2D eigenvalue weighted by atomic mass is 10.1. The molecule has 2 aromatic rings. The number of rotatable bonds is 6. The lowest BCUT2D eigenvalue weighted by Gasteiger charge is -2.32. The number of ether oxygens (including phenoxy) is 1. The Kier molecular flexibility index (Phi) is 6.87. The largest absolute Gasteiger partial charge is 0.496 e. The summed E-state index contributed by atoms with van der Waals surface area (Å²) in [6.07, 6.45) is 2.06. The third-order valence-corrected chi connectivity index (χ3v) is 5.08. The van der Waals surface area contributed by atoms with Gasteiger partial charge in [-0.3, -0.25) is 0 Å². The number of likely N-dealkylation sites (N-methyl/N-ethyl adjacent to an activating group) is 1. The highest BCUT2D eigenvalue weighted by Crippen LogP contribution is 2.21. The highest BCUT2D eigenvalue weighted by atomic mass is 19.1. The van der Waals surface area contributed by atoms with Gasteiger partial charge in [-0.1, -0.05) is 30.3 Å². The number of likely N-dealkylation sites (tertiary alicyclic amines) is 1. The second-order valence-electron chi connectivity index (χ2n) is 7.35. The molecule has 1 saturated heterocycles. The maximum atomic E-state index is 13.3. The van der Waals surface area contributed by atoms with Gasteiger partial charge in [-0.05, 0) is 50.2 Å². The molecule has 3 rings (SSSR count). The summed E-state index contributed by atoms with van der Waals surface area (Å²) in [4.78, 5) is 17.1. The minimum Gasteiger partial charge on any atom is -0.496 e. The smallest absolute Gasteiger partial charge is 0.318 e.